The van der Waals surface area contributed by atoms with Crippen molar-refractivity contribution in [3.05, 3.63) is 23.6 Å². The molecule has 0 fully saturated rings. The molecular weight excluding hydrogens is 186 g/mol. The number of aromatic hydroxyl groups is 1. The number of aryl methyl sites for hydroxylation is 1. The van der Waals surface area contributed by atoms with Crippen LogP contribution in [-0.2, 0) is 0 Å². The Morgan fingerprint density at radius 1 is 1.50 bits per heavy atom. The van der Waals surface area contributed by atoms with Gasteiger partial charge in [-0.25, -0.2) is 9.78 Å². The Morgan fingerprint density at radius 2 is 2.21 bits per heavy atom. The second kappa shape index (κ2) is 2.73. The summed E-state index contributed by atoms with van der Waals surface area (Å²) in [7, 11) is 0. The van der Waals surface area contributed by atoms with Gasteiger partial charge in [-0.15, -0.1) is 0 Å². The highest BCUT2D eigenvalue weighted by Gasteiger charge is 2.14. The van der Waals surface area contributed by atoms with Crippen molar-refractivity contribution in [3.8, 4) is 5.75 Å². The van der Waals surface area contributed by atoms with Crippen molar-refractivity contribution in [2.45, 2.75) is 6.92 Å². The number of nitrogens with zero attached hydrogens (tertiary/aromatic N) is 1. The van der Waals surface area contributed by atoms with Crippen LogP contribution in [0.25, 0.3) is 11.1 Å². The first-order valence-corrected chi connectivity index (χ1v) is 3.91. The maximum absolute atomic E-state index is 10.6. The lowest BCUT2D eigenvalue weighted by Gasteiger charge is -1.94. The van der Waals surface area contributed by atoms with Crippen LogP contribution in [0.3, 0.4) is 0 Å². The fourth-order valence-electron chi connectivity index (χ4n) is 1.22. The van der Waals surface area contributed by atoms with Crippen molar-refractivity contribution in [3.63, 3.8) is 0 Å². The van der Waals surface area contributed by atoms with E-state index in [-0.39, 0.29) is 17.2 Å². The van der Waals surface area contributed by atoms with Crippen molar-refractivity contribution in [2.75, 3.05) is 0 Å². The van der Waals surface area contributed by atoms with E-state index in [1.807, 2.05) is 0 Å². The third-order valence-corrected chi connectivity index (χ3v) is 1.82. The van der Waals surface area contributed by atoms with Gasteiger partial charge in [-0.1, -0.05) is 0 Å². The largest absolute Gasteiger partial charge is 0.507 e. The number of carboxylic acid groups (broad SMARTS) is 1. The fraction of sp³-hybridized carbons (Fsp3) is 0.111. The van der Waals surface area contributed by atoms with E-state index in [1.54, 1.807) is 6.92 Å². The van der Waals surface area contributed by atoms with Gasteiger partial charge >= 0.3 is 5.97 Å². The summed E-state index contributed by atoms with van der Waals surface area (Å²) in [6.07, 6.45) is 0. The molecule has 2 heterocycles. The number of fused-ring (bicyclic) bond motifs is 1. The van der Waals surface area contributed by atoms with Gasteiger partial charge in [0.25, 0.3) is 0 Å². The van der Waals surface area contributed by atoms with E-state index in [0.717, 1.165) is 0 Å². The highest BCUT2D eigenvalue weighted by atomic mass is 16.4. The standard InChI is InChI=1S/C9H7NO4/c1-4-2-6(11)5-3-7(9(12)13)14-8(5)10-4/h2-3H,1H3,(H,10,11)(H,12,13). The van der Waals surface area contributed by atoms with E-state index in [1.165, 1.54) is 12.1 Å². The lowest BCUT2D eigenvalue weighted by molar-refractivity contribution is 0.0664. The van der Waals surface area contributed by atoms with Gasteiger partial charge in [-0.2, -0.15) is 0 Å². The monoisotopic (exact) mass is 193 g/mol. The van der Waals surface area contributed by atoms with Crippen LogP contribution in [0, 0.1) is 6.92 Å². The molecule has 0 saturated heterocycles. The Labute approximate surface area is 78.6 Å². The SMILES string of the molecule is Cc1cc(O)c2cc(C(=O)O)oc2n1. The van der Waals surface area contributed by atoms with E-state index in [0.29, 0.717) is 11.1 Å². The van der Waals surface area contributed by atoms with Crippen molar-refractivity contribution < 1.29 is 19.4 Å². The molecular formula is C9H7NO4. The third kappa shape index (κ3) is 1.19. The van der Waals surface area contributed by atoms with E-state index >= 15 is 0 Å². The Kier molecular flexibility index (Phi) is 1.67. The van der Waals surface area contributed by atoms with Crippen molar-refractivity contribution >= 4 is 17.1 Å². The highest BCUT2D eigenvalue weighted by molar-refractivity contribution is 5.92. The summed E-state index contributed by atoms with van der Waals surface area (Å²) in [5.74, 6) is -1.43. The first kappa shape index (κ1) is 8.55. The lowest BCUT2D eigenvalue weighted by Crippen LogP contribution is -1.91. The fourth-order valence-corrected chi connectivity index (χ4v) is 1.22. The summed E-state index contributed by atoms with van der Waals surface area (Å²) < 4.78 is 4.92. The minimum absolute atomic E-state index is 0.0243. The first-order valence-electron chi connectivity index (χ1n) is 3.91. The molecule has 0 spiro atoms. The third-order valence-electron chi connectivity index (χ3n) is 1.82. The van der Waals surface area contributed by atoms with Gasteiger partial charge in [0.05, 0.1) is 5.39 Å². The van der Waals surface area contributed by atoms with Crippen LogP contribution < -0.4 is 0 Å². The Morgan fingerprint density at radius 3 is 2.86 bits per heavy atom. The average Bonchev–Trinajstić information content (AvgIpc) is 2.47. The molecule has 0 aliphatic heterocycles. The van der Waals surface area contributed by atoms with Crippen LogP contribution in [0.4, 0.5) is 0 Å². The number of furan rings is 1. The molecule has 0 aliphatic rings. The number of carbonyl (C=O) groups is 1. The number of hydrogen-bond donors (Lipinski definition) is 2. The Bertz CT molecular complexity index is 515. The smallest absolute Gasteiger partial charge is 0.371 e. The quantitative estimate of drug-likeness (QED) is 0.717. The van der Waals surface area contributed by atoms with Crippen molar-refractivity contribution in [1.82, 2.24) is 4.98 Å². The molecule has 5 heteroatoms. The molecule has 0 radical (unpaired) electrons. The van der Waals surface area contributed by atoms with Crippen LogP contribution >= 0.6 is 0 Å². The summed E-state index contributed by atoms with van der Waals surface area (Å²) in [6.45, 7) is 1.68. The average molecular weight is 193 g/mol. The first-order chi connectivity index (χ1) is 6.58. The summed E-state index contributed by atoms with van der Waals surface area (Å²) in [6, 6.07) is 2.70. The summed E-state index contributed by atoms with van der Waals surface area (Å²) in [5.41, 5.74) is 0.709. The second-order valence-electron chi connectivity index (χ2n) is 2.92. The number of rotatable bonds is 1. The summed E-state index contributed by atoms with van der Waals surface area (Å²) in [4.78, 5) is 14.5. The molecule has 0 saturated carbocycles. The highest BCUT2D eigenvalue weighted by Crippen LogP contribution is 2.26. The van der Waals surface area contributed by atoms with E-state index in [2.05, 4.69) is 4.98 Å². The van der Waals surface area contributed by atoms with E-state index in [9.17, 15) is 9.90 Å². The Hall–Kier alpha value is -2.04. The van der Waals surface area contributed by atoms with Crippen molar-refractivity contribution in [2.24, 2.45) is 0 Å². The van der Waals surface area contributed by atoms with Gasteiger partial charge < -0.3 is 14.6 Å². The zero-order valence-electron chi connectivity index (χ0n) is 7.31. The van der Waals surface area contributed by atoms with Crippen LogP contribution in [0.15, 0.2) is 16.5 Å². The molecule has 72 valence electrons. The number of hydrogen-bond acceptors (Lipinski definition) is 4. The molecule has 2 rings (SSSR count). The predicted octanol–water partition coefficient (Wildman–Crippen LogP) is 1.54. The molecule has 0 aliphatic carbocycles. The van der Waals surface area contributed by atoms with Crippen LogP contribution in [0.5, 0.6) is 5.75 Å². The van der Waals surface area contributed by atoms with Crippen molar-refractivity contribution in [1.29, 1.82) is 0 Å². The van der Waals surface area contributed by atoms with Gasteiger partial charge in [0.2, 0.25) is 11.5 Å². The zero-order valence-corrected chi connectivity index (χ0v) is 7.31. The molecule has 2 N–H and O–H groups in total. The second-order valence-corrected chi connectivity index (χ2v) is 2.92. The van der Waals surface area contributed by atoms with Crippen LogP contribution in [-0.4, -0.2) is 21.2 Å². The molecule has 0 atom stereocenters. The zero-order chi connectivity index (χ0) is 10.3. The predicted molar refractivity (Wildman–Crippen MR) is 47.4 cm³/mol. The van der Waals surface area contributed by atoms with Gasteiger partial charge in [0.15, 0.2) is 0 Å². The number of aromatic carboxylic acids is 1. The van der Waals surface area contributed by atoms with Gasteiger partial charge in [0, 0.05) is 17.8 Å². The van der Waals surface area contributed by atoms with E-state index in [4.69, 9.17) is 9.52 Å². The van der Waals surface area contributed by atoms with Gasteiger partial charge in [-0.3, -0.25) is 0 Å². The minimum Gasteiger partial charge on any atom is -0.507 e. The molecule has 5 nitrogen and oxygen atoms in total. The maximum Gasteiger partial charge on any atom is 0.371 e. The minimum atomic E-state index is -1.18. The number of pyridine rings is 1. The van der Waals surface area contributed by atoms with E-state index < -0.39 is 5.97 Å². The molecule has 2 aromatic rings. The number of aromatic nitrogens is 1. The molecule has 2 aromatic heterocycles. The summed E-state index contributed by atoms with van der Waals surface area (Å²) >= 11 is 0. The summed E-state index contributed by atoms with van der Waals surface area (Å²) in [5, 5.41) is 18.4. The van der Waals surface area contributed by atoms with Crippen LogP contribution in [0.1, 0.15) is 16.2 Å². The Balaban J connectivity index is 2.76. The molecule has 0 bridgehead atoms. The normalized spacial score (nSPS) is 10.6. The van der Waals surface area contributed by atoms with Gasteiger partial charge in [0.1, 0.15) is 5.75 Å². The molecule has 14 heavy (non-hydrogen) atoms. The molecule has 0 aromatic carbocycles. The van der Waals surface area contributed by atoms with Crippen LogP contribution in [0.2, 0.25) is 0 Å². The lowest BCUT2D eigenvalue weighted by atomic mass is 10.2. The topological polar surface area (TPSA) is 83.6 Å². The maximum atomic E-state index is 10.6. The van der Waals surface area contributed by atoms with Gasteiger partial charge in [-0.05, 0) is 6.92 Å². The number of carboxylic acids is 1. The molecule has 0 amide bonds. The molecule has 0 unspecified atom stereocenters.